The quantitative estimate of drug-likeness (QED) is 0.685. The lowest BCUT2D eigenvalue weighted by Gasteiger charge is -2.24. The maximum absolute atomic E-state index is 11.7. The van der Waals surface area contributed by atoms with Crippen molar-refractivity contribution in [1.29, 1.82) is 0 Å². The van der Waals surface area contributed by atoms with Crippen LogP contribution in [0.15, 0.2) is 0 Å². The second kappa shape index (κ2) is 6.02. The Bertz CT molecular complexity index is 178. The van der Waals surface area contributed by atoms with Crippen LogP contribution in [0.4, 0.5) is 0 Å². The van der Waals surface area contributed by atoms with E-state index < -0.39 is 5.41 Å². The number of hydrogen-bond donors (Lipinski definition) is 2. The highest BCUT2D eigenvalue weighted by Crippen LogP contribution is 2.13. The number of unbranched alkanes of at least 4 members (excludes halogenated alkanes) is 1. The van der Waals surface area contributed by atoms with E-state index in [-0.39, 0.29) is 11.9 Å². The van der Waals surface area contributed by atoms with Gasteiger partial charge in [0.2, 0.25) is 5.91 Å². The molecule has 0 fully saturated rings. The molecule has 0 aliphatic carbocycles. The summed E-state index contributed by atoms with van der Waals surface area (Å²) in [4.78, 5) is 11.7. The fourth-order valence-corrected chi connectivity index (χ4v) is 1.09. The van der Waals surface area contributed by atoms with Crippen LogP contribution in [-0.2, 0) is 4.79 Å². The number of amides is 1. The van der Waals surface area contributed by atoms with Crippen LogP contribution in [-0.4, -0.2) is 18.5 Å². The van der Waals surface area contributed by atoms with Crippen molar-refractivity contribution in [3.8, 4) is 0 Å². The zero-order chi connectivity index (χ0) is 11.2. The highest BCUT2D eigenvalue weighted by molar-refractivity contribution is 5.82. The summed E-state index contributed by atoms with van der Waals surface area (Å²) in [5, 5.41) is 2.99. The lowest BCUT2D eigenvalue weighted by Crippen LogP contribution is -2.45. The van der Waals surface area contributed by atoms with Gasteiger partial charge < -0.3 is 11.1 Å². The van der Waals surface area contributed by atoms with Gasteiger partial charge in [0.25, 0.3) is 0 Å². The molecule has 1 amide bonds. The van der Waals surface area contributed by atoms with Crippen molar-refractivity contribution >= 4 is 5.91 Å². The summed E-state index contributed by atoms with van der Waals surface area (Å²) in [7, 11) is 0. The van der Waals surface area contributed by atoms with Gasteiger partial charge in [0.15, 0.2) is 0 Å². The fraction of sp³-hybridized carbons (Fsp3) is 0.909. The maximum Gasteiger partial charge on any atom is 0.227 e. The summed E-state index contributed by atoms with van der Waals surface area (Å²) in [6, 6.07) is 0.258. The molecule has 0 aromatic rings. The van der Waals surface area contributed by atoms with Crippen LogP contribution in [0, 0.1) is 5.41 Å². The Balaban J connectivity index is 3.93. The summed E-state index contributed by atoms with van der Waals surface area (Å²) < 4.78 is 0. The van der Waals surface area contributed by atoms with Crippen molar-refractivity contribution in [2.45, 2.75) is 53.0 Å². The van der Waals surface area contributed by atoms with Crippen LogP contribution in [0.25, 0.3) is 0 Å². The van der Waals surface area contributed by atoms with E-state index in [4.69, 9.17) is 5.73 Å². The molecule has 0 aliphatic rings. The lowest BCUT2D eigenvalue weighted by atomic mass is 9.92. The highest BCUT2D eigenvalue weighted by atomic mass is 16.2. The van der Waals surface area contributed by atoms with Crippen molar-refractivity contribution in [3.05, 3.63) is 0 Å². The first kappa shape index (κ1) is 13.4. The molecular formula is C11H24N2O. The third kappa shape index (κ3) is 4.61. The normalized spacial score (nSPS) is 13.8. The van der Waals surface area contributed by atoms with Gasteiger partial charge in [-0.2, -0.15) is 0 Å². The van der Waals surface area contributed by atoms with Gasteiger partial charge in [0.05, 0.1) is 5.41 Å². The molecule has 0 saturated heterocycles. The number of nitrogens with one attached hydrogen (secondary N) is 1. The number of nitrogens with two attached hydrogens (primary N) is 1. The smallest absolute Gasteiger partial charge is 0.227 e. The number of carbonyl (C=O) groups is 1. The van der Waals surface area contributed by atoms with Gasteiger partial charge in [0.1, 0.15) is 0 Å². The molecule has 0 aliphatic heterocycles. The molecule has 3 nitrogen and oxygen atoms in total. The third-order valence-electron chi connectivity index (χ3n) is 2.49. The SMILES string of the molecule is CCCCC(C)NC(=O)C(C)(C)CN. The summed E-state index contributed by atoms with van der Waals surface area (Å²) in [6.07, 6.45) is 3.37. The molecule has 0 bridgehead atoms. The van der Waals surface area contributed by atoms with Crippen molar-refractivity contribution in [1.82, 2.24) is 5.32 Å². The van der Waals surface area contributed by atoms with E-state index in [9.17, 15) is 4.79 Å². The van der Waals surface area contributed by atoms with Crippen LogP contribution in [0.2, 0.25) is 0 Å². The van der Waals surface area contributed by atoms with Crippen LogP contribution in [0.5, 0.6) is 0 Å². The molecular weight excluding hydrogens is 176 g/mol. The molecule has 3 N–H and O–H groups in total. The lowest BCUT2D eigenvalue weighted by molar-refractivity contribution is -0.129. The molecule has 1 unspecified atom stereocenters. The van der Waals surface area contributed by atoms with Gasteiger partial charge >= 0.3 is 0 Å². The molecule has 14 heavy (non-hydrogen) atoms. The topological polar surface area (TPSA) is 55.1 Å². The molecule has 0 saturated carbocycles. The molecule has 1 atom stereocenters. The van der Waals surface area contributed by atoms with Crippen molar-refractivity contribution < 1.29 is 4.79 Å². The zero-order valence-corrected chi connectivity index (χ0v) is 9.89. The van der Waals surface area contributed by atoms with Gasteiger partial charge in [0, 0.05) is 12.6 Å². The molecule has 84 valence electrons. The Morgan fingerprint density at radius 3 is 2.50 bits per heavy atom. The zero-order valence-electron chi connectivity index (χ0n) is 9.89. The number of rotatable bonds is 6. The van der Waals surface area contributed by atoms with Crippen molar-refractivity contribution in [3.63, 3.8) is 0 Å². The summed E-state index contributed by atoms with van der Waals surface area (Å²) in [6.45, 7) is 8.32. The Morgan fingerprint density at radius 1 is 1.50 bits per heavy atom. The number of carbonyl (C=O) groups excluding carboxylic acids is 1. The average Bonchev–Trinajstić information content (AvgIpc) is 2.14. The van der Waals surface area contributed by atoms with E-state index in [0.717, 1.165) is 12.8 Å². The van der Waals surface area contributed by atoms with Gasteiger partial charge in [-0.05, 0) is 27.2 Å². The minimum absolute atomic E-state index is 0.0589. The molecule has 0 heterocycles. The minimum Gasteiger partial charge on any atom is -0.353 e. The van der Waals surface area contributed by atoms with E-state index in [1.165, 1.54) is 6.42 Å². The molecule has 0 radical (unpaired) electrons. The Hall–Kier alpha value is -0.570. The highest BCUT2D eigenvalue weighted by Gasteiger charge is 2.26. The first-order chi connectivity index (χ1) is 6.44. The minimum atomic E-state index is -0.444. The molecule has 0 spiro atoms. The standard InChI is InChI=1S/C11H24N2O/c1-5-6-7-9(2)13-10(14)11(3,4)8-12/h9H,5-8,12H2,1-4H3,(H,13,14). The summed E-state index contributed by atoms with van der Waals surface area (Å²) in [5.74, 6) is 0.0589. The second-order valence-corrected chi connectivity index (χ2v) is 4.60. The molecule has 0 aromatic heterocycles. The summed E-state index contributed by atoms with van der Waals surface area (Å²) >= 11 is 0. The average molecular weight is 200 g/mol. The van der Waals surface area contributed by atoms with E-state index in [0.29, 0.717) is 6.54 Å². The maximum atomic E-state index is 11.7. The van der Waals surface area contributed by atoms with Crippen molar-refractivity contribution in [2.24, 2.45) is 11.1 Å². The van der Waals surface area contributed by atoms with Crippen molar-refractivity contribution in [2.75, 3.05) is 6.54 Å². The number of hydrogen-bond acceptors (Lipinski definition) is 2. The second-order valence-electron chi connectivity index (χ2n) is 4.60. The predicted molar refractivity (Wildman–Crippen MR) is 60.0 cm³/mol. The first-order valence-corrected chi connectivity index (χ1v) is 5.45. The summed E-state index contributed by atoms with van der Waals surface area (Å²) in [5.41, 5.74) is 5.08. The van der Waals surface area contributed by atoms with Crippen LogP contribution >= 0.6 is 0 Å². The third-order valence-corrected chi connectivity index (χ3v) is 2.49. The van der Waals surface area contributed by atoms with Gasteiger partial charge in [-0.25, -0.2) is 0 Å². The van der Waals surface area contributed by atoms with E-state index in [1.54, 1.807) is 0 Å². The predicted octanol–water partition coefficient (Wildman–Crippen LogP) is 1.67. The molecule has 0 rings (SSSR count). The van der Waals surface area contributed by atoms with E-state index in [2.05, 4.69) is 12.2 Å². The Morgan fingerprint density at radius 2 is 2.07 bits per heavy atom. The first-order valence-electron chi connectivity index (χ1n) is 5.45. The Labute approximate surface area is 87.4 Å². The molecule has 0 aromatic carbocycles. The Kier molecular flexibility index (Phi) is 5.77. The van der Waals surface area contributed by atoms with Crippen LogP contribution in [0.1, 0.15) is 47.0 Å². The van der Waals surface area contributed by atoms with Crippen LogP contribution < -0.4 is 11.1 Å². The van der Waals surface area contributed by atoms with Gasteiger partial charge in [-0.15, -0.1) is 0 Å². The van der Waals surface area contributed by atoms with Crippen LogP contribution in [0.3, 0.4) is 0 Å². The van der Waals surface area contributed by atoms with Gasteiger partial charge in [-0.3, -0.25) is 4.79 Å². The van der Waals surface area contributed by atoms with E-state index in [1.807, 2.05) is 20.8 Å². The van der Waals surface area contributed by atoms with Gasteiger partial charge in [-0.1, -0.05) is 19.8 Å². The van der Waals surface area contributed by atoms with E-state index >= 15 is 0 Å². The fourth-order valence-electron chi connectivity index (χ4n) is 1.09. The molecule has 3 heteroatoms. The monoisotopic (exact) mass is 200 g/mol. The largest absolute Gasteiger partial charge is 0.353 e.